The van der Waals surface area contributed by atoms with Gasteiger partial charge in [-0.3, -0.25) is 29.8 Å². The molecular weight excluding hydrogens is 1530 g/mol. The molecule has 0 fully saturated rings. The number of non-ortho nitro benzene ring substituents is 2. The number of carboxylic acid groups (broad SMARTS) is 1. The third-order valence-corrected chi connectivity index (χ3v) is 10.5. The van der Waals surface area contributed by atoms with Crippen LogP contribution in [0.3, 0.4) is 0 Å². The second-order valence-corrected chi connectivity index (χ2v) is 18.2. The van der Waals surface area contributed by atoms with E-state index >= 15 is 0 Å². The predicted octanol–water partition coefficient (Wildman–Crippen LogP) is 9.35. The summed E-state index contributed by atoms with van der Waals surface area (Å²) >= 11 is 11.3. The average Bonchev–Trinajstić information content (AvgIpc) is 3.11. The van der Waals surface area contributed by atoms with E-state index in [2.05, 4.69) is 4.89 Å². The number of hydrogen-bond donors (Lipinski definition) is 3. The first-order valence-electron chi connectivity index (χ1n) is 22.5. The predicted molar refractivity (Wildman–Crippen MR) is 287 cm³/mol. The number of ether oxygens (including phenoxy) is 3. The van der Waals surface area contributed by atoms with Crippen LogP contribution >= 0.6 is 33.9 Å². The number of phenolic OH excluding ortho intramolecular Hbond substituents is 1. The molecule has 8 aromatic carbocycles. The van der Waals surface area contributed by atoms with Gasteiger partial charge in [-0.25, -0.2) is 56.7 Å². The fraction of sp³-hybridized carbons (Fsp3) is 0.0566. The minimum atomic E-state index is -4.22. The minimum absolute atomic E-state index is 0. The molecule has 0 atom stereocenters. The summed E-state index contributed by atoms with van der Waals surface area (Å²) < 4.78 is 180. The second-order valence-electron chi connectivity index (χ2n) is 14.8. The van der Waals surface area contributed by atoms with Crippen LogP contribution < -0.4 is 163 Å². The summed E-state index contributed by atoms with van der Waals surface area (Å²) in [5.74, 6) is -14.5. The molecule has 4 N–H and O–H groups in total. The van der Waals surface area contributed by atoms with Crippen LogP contribution in [-0.2, 0) is 23.5 Å². The van der Waals surface area contributed by atoms with Crippen LogP contribution in [0.2, 0.25) is 10.0 Å². The normalized spacial score (nSPS) is 9.57. The van der Waals surface area contributed by atoms with Crippen LogP contribution in [0, 0.1) is 84.2 Å². The van der Waals surface area contributed by atoms with Crippen molar-refractivity contribution in [1.29, 1.82) is 0 Å². The maximum Gasteiger partial charge on any atom is 1.00 e. The summed E-state index contributed by atoms with van der Waals surface area (Å²) in [6.45, 7) is 4.90. The number of carboxylic acids is 1. The van der Waals surface area contributed by atoms with Crippen LogP contribution in [0.15, 0.2) is 150 Å². The molecule has 0 heterocycles. The van der Waals surface area contributed by atoms with Crippen LogP contribution in [0.1, 0.15) is 22.2 Å². The van der Waals surface area contributed by atoms with Crippen molar-refractivity contribution in [2.75, 3.05) is 5.73 Å². The molecule has 88 heavy (non-hydrogen) atoms. The van der Waals surface area contributed by atoms with E-state index in [1.54, 1.807) is 12.1 Å². The Labute approximate surface area is 624 Å². The van der Waals surface area contributed by atoms with Gasteiger partial charge >= 0.3 is 138 Å². The fourth-order valence-corrected chi connectivity index (χ4v) is 6.16. The van der Waals surface area contributed by atoms with Gasteiger partial charge in [0, 0.05) is 45.5 Å². The smallest absolute Gasteiger partial charge is 1.00 e. The molecule has 18 nitrogen and oxygen atoms in total. The molecular formula is C53H39Cl3Cs2F11N3O15S. The molecule has 0 amide bonds. The number of nitrogen functional groups attached to an aromatic ring is 1. The first-order chi connectivity index (χ1) is 40.3. The van der Waals surface area contributed by atoms with E-state index in [9.17, 15) is 76.9 Å². The van der Waals surface area contributed by atoms with Crippen molar-refractivity contribution in [3.8, 4) is 40.2 Å². The van der Waals surface area contributed by atoms with Crippen LogP contribution in [0.4, 0.5) is 65.4 Å². The molecule has 0 aliphatic heterocycles. The van der Waals surface area contributed by atoms with Crippen molar-refractivity contribution < 1.29 is 250 Å². The van der Waals surface area contributed by atoms with E-state index < -0.39 is 117 Å². The number of nitrogens with zero attached hydrogens (tertiary/aromatic N) is 2. The number of nitro groups is 2. The van der Waals surface area contributed by atoms with Crippen molar-refractivity contribution in [1.82, 2.24) is 0 Å². The van der Waals surface area contributed by atoms with Crippen molar-refractivity contribution in [3.05, 3.63) is 240 Å². The molecule has 0 aliphatic rings. The zero-order valence-corrected chi connectivity index (χ0v) is 61.0. The van der Waals surface area contributed by atoms with Gasteiger partial charge in [0.2, 0.25) is 0 Å². The zero-order valence-electron chi connectivity index (χ0n) is 46.3. The zero-order chi connectivity index (χ0) is 65.6. The minimum Gasteiger partial charge on any atom is -1.00 e. The molecule has 8 rings (SSSR count). The van der Waals surface area contributed by atoms with Crippen LogP contribution in [0.5, 0.6) is 40.2 Å². The van der Waals surface area contributed by atoms with E-state index in [0.717, 1.165) is 31.2 Å². The third kappa shape index (κ3) is 32.4. The molecule has 0 saturated carbocycles. The van der Waals surface area contributed by atoms with E-state index in [-0.39, 0.29) is 180 Å². The Bertz CT molecular complexity index is 3550. The van der Waals surface area contributed by atoms with E-state index in [0.29, 0.717) is 46.4 Å². The van der Waals surface area contributed by atoms with Crippen LogP contribution in [0.25, 0.3) is 0 Å². The maximum absolute atomic E-state index is 13.7. The van der Waals surface area contributed by atoms with Gasteiger partial charge in [0.1, 0.15) is 34.6 Å². The van der Waals surface area contributed by atoms with Crippen molar-refractivity contribution in [2.45, 2.75) is 25.7 Å². The number of benzene rings is 8. The summed E-state index contributed by atoms with van der Waals surface area (Å²) in [6.07, 6.45) is 0. The monoisotopic (exact) mass is 1570 g/mol. The molecule has 0 spiro atoms. The molecule has 0 unspecified atom stereocenters. The number of halogens is 14. The molecule has 35 heteroatoms. The maximum atomic E-state index is 13.7. The van der Waals surface area contributed by atoms with Gasteiger partial charge in [0.25, 0.3) is 32.9 Å². The number of aliphatic carboxylic acids is 1. The van der Waals surface area contributed by atoms with Crippen molar-refractivity contribution in [3.63, 3.8) is 0 Å². The van der Waals surface area contributed by atoms with E-state index in [1.165, 1.54) is 72.8 Å². The number of nitro benzene ring substituents is 2. The Balaban J connectivity index is -0.00000101. The summed E-state index contributed by atoms with van der Waals surface area (Å²) in [7, 11) is 0.792. The first kappa shape index (κ1) is 84.7. The summed E-state index contributed by atoms with van der Waals surface area (Å²) in [5.41, 5.74) is 3.76. The Morgan fingerprint density at radius 1 is 0.545 bits per heavy atom. The van der Waals surface area contributed by atoms with Gasteiger partial charge in [0.15, 0.2) is 69.6 Å². The number of hydrogen-bond acceptors (Lipinski definition) is 15. The number of carbonyl (C=O) groups excluding carboxylic acids is 1. The Morgan fingerprint density at radius 3 is 1.06 bits per heavy atom. The summed E-state index contributed by atoms with van der Waals surface area (Å²) in [5, 5.41) is 45.7. The van der Waals surface area contributed by atoms with Gasteiger partial charge in [-0.05, 0) is 109 Å². The first-order valence-corrected chi connectivity index (χ1v) is 25.6. The van der Waals surface area contributed by atoms with E-state index in [1.807, 2.05) is 13.8 Å². The van der Waals surface area contributed by atoms with Crippen molar-refractivity contribution >= 4 is 72.4 Å². The molecule has 0 radical (unpaired) electrons. The molecule has 8 aromatic rings. The third-order valence-electron chi connectivity index (χ3n) is 8.61. The number of phenols is 1. The SMILES string of the molecule is CC.CC(=O)O.Nc1cc(F)c(Oc2ccc(Cl)cc2)c(F)c1.O=CO[O-].O=S(=O)(Cl)c1cc(F)c(Oc2ccc(Cl)cc2)c(F)c1.O=[N+]([O-])c1cc(F)c(F)c(F)c1.O=[N+]([O-])c1cc(F)c(Oc2ccc(F)cc2)c(F)c1.Oc1ccc(F)cc1.[Cs+].[Cs+].[H-]. The van der Waals surface area contributed by atoms with Gasteiger partial charge < -0.3 is 41.7 Å². The quantitative estimate of drug-likeness (QED) is 0.0168. The Kier molecular flexibility index (Phi) is 41.7. The van der Waals surface area contributed by atoms with Gasteiger partial charge in [-0.15, -0.1) is 0 Å². The summed E-state index contributed by atoms with van der Waals surface area (Å²) in [4.78, 5) is 38.0. The molecule has 0 bridgehead atoms. The average molecular weight is 1570 g/mol. The molecule has 462 valence electrons. The topological polar surface area (TPSA) is 281 Å². The Hall–Kier alpha value is -5.39. The van der Waals surface area contributed by atoms with Gasteiger partial charge in [-0.1, -0.05) is 37.0 Å². The number of anilines is 1. The van der Waals surface area contributed by atoms with Gasteiger partial charge in [0.05, 0.1) is 39.0 Å². The molecule has 0 aliphatic carbocycles. The fourth-order valence-electron chi connectivity index (χ4n) is 5.15. The number of aromatic hydroxyl groups is 1. The largest absolute Gasteiger partial charge is 1.00 e. The van der Waals surface area contributed by atoms with Crippen molar-refractivity contribution in [2.24, 2.45) is 0 Å². The number of nitrogens with two attached hydrogens (primary N) is 1. The Morgan fingerprint density at radius 2 is 0.795 bits per heavy atom. The standard InChI is InChI=1S/C12H6Cl2F2O3S.C12H8ClF2NO.C12H6F3NO3.C6H2F3NO2.C6H5FO.C2H4O2.C2H6.CH2O3.2Cs.H/c13-7-1-3-8(4-2-7)19-12-10(15)5-9(6-11(12)16)20(14,17)18;13-7-1-3-9(4-2-7)17-12-10(14)5-8(16)6-11(12)15;13-7-1-3-9(4-2-7)19-12-10(14)5-8(16(17)18)6-11(12)15;7-4-1-3(10(11)12)2-5(8)6(4)9;7-5-1-3-6(8)4-2-5;1-2(3)4;1-2;2-1-4-3;;;/h1-6H;1-6H,16H2;1-6H;1-2H;1-4,8H;1H3,(H,3,4);1-2H3;1,3H;;;/q;;;;;;;;2*+1;-1/p-1. The number of carbonyl (C=O) groups is 2. The second kappa shape index (κ2) is 43.3. The van der Waals surface area contributed by atoms with Gasteiger partial charge in [-0.2, -0.15) is 0 Å². The summed E-state index contributed by atoms with van der Waals surface area (Å²) in [6, 6.07) is 26.3. The van der Waals surface area contributed by atoms with E-state index in [4.69, 9.17) is 78.9 Å². The molecule has 0 saturated heterocycles. The number of rotatable bonds is 10. The van der Waals surface area contributed by atoms with Crippen LogP contribution in [-0.4, -0.2) is 40.9 Å². The molecule has 0 aromatic heterocycles.